The minimum Gasteiger partial charge on any atom is -0.383 e. The molecule has 1 heterocycles. The van der Waals surface area contributed by atoms with E-state index in [1.807, 2.05) is 0 Å². The Hall–Kier alpha value is -0.840. The fourth-order valence-electron chi connectivity index (χ4n) is 1.07. The number of aromatic nitrogens is 2. The number of nitrogens with zero attached hydrogens (tertiary/aromatic N) is 2. The number of nitrogen functional groups attached to an aromatic ring is 1. The first-order valence-electron chi connectivity index (χ1n) is 4.16. The molecule has 0 saturated heterocycles. The van der Waals surface area contributed by atoms with Crippen molar-refractivity contribution in [1.82, 2.24) is 9.97 Å². The summed E-state index contributed by atoms with van der Waals surface area (Å²) in [7, 11) is 0. The van der Waals surface area contributed by atoms with Gasteiger partial charge in [0.1, 0.15) is 10.4 Å². The second kappa shape index (κ2) is 2.83. The van der Waals surface area contributed by atoms with Crippen molar-refractivity contribution < 1.29 is 0 Å². The molecule has 0 spiro atoms. The SMILES string of the molecule is CC1(Nc2nc(N)cc(Br)n2)CC1. The predicted octanol–water partition coefficient (Wildman–Crippen LogP) is 1.79. The molecule has 1 aliphatic rings. The molecule has 0 bridgehead atoms. The molecule has 0 aliphatic heterocycles. The van der Waals surface area contributed by atoms with E-state index in [9.17, 15) is 0 Å². The topological polar surface area (TPSA) is 63.8 Å². The Balaban J connectivity index is 2.20. The van der Waals surface area contributed by atoms with Gasteiger partial charge in [0.25, 0.3) is 0 Å². The molecule has 2 rings (SSSR count). The molecule has 5 heteroatoms. The summed E-state index contributed by atoms with van der Waals surface area (Å²) in [6.07, 6.45) is 2.34. The second-order valence-corrected chi connectivity index (χ2v) is 4.44. The summed E-state index contributed by atoms with van der Waals surface area (Å²) in [5.74, 6) is 1.08. The molecule has 13 heavy (non-hydrogen) atoms. The molecule has 3 N–H and O–H groups in total. The summed E-state index contributed by atoms with van der Waals surface area (Å²) in [5.41, 5.74) is 5.77. The van der Waals surface area contributed by atoms with E-state index in [-0.39, 0.29) is 5.54 Å². The molecular weight excluding hydrogens is 232 g/mol. The summed E-state index contributed by atoms with van der Waals surface area (Å²) >= 11 is 3.27. The third-order valence-electron chi connectivity index (χ3n) is 2.13. The Labute approximate surface area is 85.1 Å². The predicted molar refractivity (Wildman–Crippen MR) is 55.4 cm³/mol. The average molecular weight is 243 g/mol. The van der Waals surface area contributed by atoms with Gasteiger partial charge in [-0.15, -0.1) is 0 Å². The van der Waals surface area contributed by atoms with Crippen LogP contribution >= 0.6 is 15.9 Å². The highest BCUT2D eigenvalue weighted by Gasteiger charge is 2.37. The lowest BCUT2D eigenvalue weighted by Crippen LogP contribution is -2.18. The average Bonchev–Trinajstić information content (AvgIpc) is 2.64. The summed E-state index contributed by atoms with van der Waals surface area (Å²) < 4.78 is 0.715. The fourth-order valence-corrected chi connectivity index (χ4v) is 1.48. The van der Waals surface area contributed by atoms with Gasteiger partial charge in [0.05, 0.1) is 0 Å². The molecule has 1 aromatic heterocycles. The van der Waals surface area contributed by atoms with E-state index >= 15 is 0 Å². The van der Waals surface area contributed by atoms with Crippen LogP contribution in [-0.2, 0) is 0 Å². The van der Waals surface area contributed by atoms with Crippen LogP contribution < -0.4 is 11.1 Å². The minimum absolute atomic E-state index is 0.188. The normalized spacial score (nSPS) is 18.3. The molecule has 4 nitrogen and oxygen atoms in total. The number of halogens is 1. The third kappa shape index (κ3) is 2.09. The highest BCUT2D eigenvalue weighted by atomic mass is 79.9. The van der Waals surface area contributed by atoms with Gasteiger partial charge >= 0.3 is 0 Å². The van der Waals surface area contributed by atoms with Crippen molar-refractivity contribution in [2.75, 3.05) is 11.1 Å². The van der Waals surface area contributed by atoms with Crippen LogP contribution in [0.5, 0.6) is 0 Å². The zero-order valence-corrected chi connectivity index (χ0v) is 8.93. The third-order valence-corrected chi connectivity index (χ3v) is 2.53. The number of hydrogen-bond acceptors (Lipinski definition) is 4. The summed E-state index contributed by atoms with van der Waals surface area (Å²) in [5, 5.41) is 3.24. The monoisotopic (exact) mass is 242 g/mol. The second-order valence-electron chi connectivity index (χ2n) is 3.62. The van der Waals surface area contributed by atoms with E-state index in [0.717, 1.165) is 0 Å². The molecule has 0 unspecified atom stereocenters. The molecule has 1 saturated carbocycles. The van der Waals surface area contributed by atoms with Crippen LogP contribution in [-0.4, -0.2) is 15.5 Å². The Kier molecular flexibility index (Phi) is 1.91. The van der Waals surface area contributed by atoms with Gasteiger partial charge in [-0.25, -0.2) is 4.98 Å². The van der Waals surface area contributed by atoms with Crippen LogP contribution in [0.25, 0.3) is 0 Å². The van der Waals surface area contributed by atoms with Crippen LogP contribution in [0.15, 0.2) is 10.7 Å². The number of hydrogen-bond donors (Lipinski definition) is 2. The van der Waals surface area contributed by atoms with E-state index in [4.69, 9.17) is 5.73 Å². The molecule has 1 aliphatic carbocycles. The summed E-state index contributed by atoms with van der Waals surface area (Å²) in [6, 6.07) is 1.68. The maximum atomic E-state index is 5.58. The van der Waals surface area contributed by atoms with Crippen molar-refractivity contribution in [2.45, 2.75) is 25.3 Å². The van der Waals surface area contributed by atoms with Gasteiger partial charge in [0.15, 0.2) is 0 Å². The zero-order chi connectivity index (χ0) is 9.47. The van der Waals surface area contributed by atoms with Crippen molar-refractivity contribution >= 4 is 27.7 Å². The van der Waals surface area contributed by atoms with Gasteiger partial charge < -0.3 is 11.1 Å². The van der Waals surface area contributed by atoms with Crippen molar-refractivity contribution in [2.24, 2.45) is 0 Å². The number of nitrogens with one attached hydrogen (secondary N) is 1. The van der Waals surface area contributed by atoms with Gasteiger partial charge in [-0.2, -0.15) is 4.98 Å². The molecule has 0 atom stereocenters. The van der Waals surface area contributed by atoms with Crippen molar-refractivity contribution in [3.05, 3.63) is 10.7 Å². The Morgan fingerprint density at radius 1 is 1.54 bits per heavy atom. The fraction of sp³-hybridized carbons (Fsp3) is 0.500. The van der Waals surface area contributed by atoms with Gasteiger partial charge in [-0.05, 0) is 35.7 Å². The van der Waals surface area contributed by atoms with Gasteiger partial charge in [0, 0.05) is 11.6 Å². The first-order chi connectivity index (χ1) is 6.07. The first kappa shape index (κ1) is 8.74. The standard InChI is InChI=1S/C8H11BrN4/c1-8(2-3-8)13-7-11-5(9)4-6(10)12-7/h4H,2-3H2,1H3,(H3,10,11,12,13). The molecule has 70 valence electrons. The van der Waals surface area contributed by atoms with E-state index in [1.54, 1.807) is 6.07 Å². The van der Waals surface area contributed by atoms with Crippen LogP contribution in [0.2, 0.25) is 0 Å². The van der Waals surface area contributed by atoms with Crippen LogP contribution in [0.1, 0.15) is 19.8 Å². The van der Waals surface area contributed by atoms with E-state index in [0.29, 0.717) is 16.4 Å². The lowest BCUT2D eigenvalue weighted by atomic mass is 10.3. The molecule has 1 aromatic rings. The Bertz CT molecular complexity index is 315. The largest absolute Gasteiger partial charge is 0.383 e. The van der Waals surface area contributed by atoms with Crippen molar-refractivity contribution in [3.8, 4) is 0 Å². The maximum Gasteiger partial charge on any atom is 0.226 e. The number of anilines is 2. The van der Waals surface area contributed by atoms with Crippen LogP contribution in [0, 0.1) is 0 Å². The summed E-state index contributed by atoms with van der Waals surface area (Å²) in [6.45, 7) is 2.15. The van der Waals surface area contributed by atoms with Crippen LogP contribution in [0.4, 0.5) is 11.8 Å². The van der Waals surface area contributed by atoms with E-state index in [1.165, 1.54) is 12.8 Å². The first-order valence-corrected chi connectivity index (χ1v) is 4.95. The van der Waals surface area contributed by atoms with Gasteiger partial charge in [-0.1, -0.05) is 0 Å². The molecule has 0 radical (unpaired) electrons. The van der Waals surface area contributed by atoms with Crippen LogP contribution in [0.3, 0.4) is 0 Å². The van der Waals surface area contributed by atoms with Crippen molar-refractivity contribution in [3.63, 3.8) is 0 Å². The quantitative estimate of drug-likeness (QED) is 0.777. The maximum absolute atomic E-state index is 5.58. The highest BCUT2D eigenvalue weighted by molar-refractivity contribution is 9.10. The zero-order valence-electron chi connectivity index (χ0n) is 7.34. The smallest absolute Gasteiger partial charge is 0.226 e. The van der Waals surface area contributed by atoms with Crippen molar-refractivity contribution in [1.29, 1.82) is 0 Å². The Morgan fingerprint density at radius 3 is 2.77 bits per heavy atom. The molecular formula is C8H11BrN4. The van der Waals surface area contributed by atoms with Gasteiger partial charge in [-0.3, -0.25) is 0 Å². The molecule has 0 aromatic carbocycles. The summed E-state index contributed by atoms with van der Waals surface area (Å²) in [4.78, 5) is 8.26. The highest BCUT2D eigenvalue weighted by Crippen LogP contribution is 2.37. The lowest BCUT2D eigenvalue weighted by molar-refractivity contribution is 0.809. The minimum atomic E-state index is 0.188. The molecule has 1 fully saturated rings. The van der Waals surface area contributed by atoms with E-state index < -0.39 is 0 Å². The Morgan fingerprint density at radius 2 is 2.23 bits per heavy atom. The molecule has 0 amide bonds. The number of nitrogens with two attached hydrogens (primary N) is 1. The van der Waals surface area contributed by atoms with E-state index in [2.05, 4.69) is 38.1 Å². The lowest BCUT2D eigenvalue weighted by Gasteiger charge is -2.11. The van der Waals surface area contributed by atoms with Gasteiger partial charge in [0.2, 0.25) is 5.95 Å². The number of rotatable bonds is 2.